The van der Waals surface area contributed by atoms with Crippen molar-refractivity contribution in [3.8, 4) is 0 Å². The van der Waals surface area contributed by atoms with Gasteiger partial charge in [-0.3, -0.25) is 4.68 Å². The van der Waals surface area contributed by atoms with Crippen LogP contribution in [0.25, 0.3) is 10.9 Å². The number of carboxylic acids is 1. The van der Waals surface area contributed by atoms with Crippen molar-refractivity contribution in [1.29, 1.82) is 0 Å². The first-order chi connectivity index (χ1) is 13.6. The number of benzene rings is 1. The number of alkyl halides is 2. The van der Waals surface area contributed by atoms with E-state index < -0.39 is 37.5 Å². The number of aromatic carboxylic acids is 1. The average molecular weight is 486 g/mol. The molecule has 0 bridgehead atoms. The van der Waals surface area contributed by atoms with E-state index >= 15 is 0 Å². The highest BCUT2D eigenvalue weighted by Gasteiger charge is 2.35. The third-order valence-electron chi connectivity index (χ3n) is 4.06. The summed E-state index contributed by atoms with van der Waals surface area (Å²) in [4.78, 5) is 11.6. The molecule has 0 amide bonds. The molecule has 13 heteroatoms. The van der Waals surface area contributed by atoms with Crippen molar-refractivity contribution in [3.05, 3.63) is 23.9 Å². The maximum atomic E-state index is 13.0. The van der Waals surface area contributed by atoms with E-state index in [0.717, 1.165) is 6.07 Å². The molecule has 1 aromatic carbocycles. The Bertz CT molecular complexity index is 1060. The van der Waals surface area contributed by atoms with Crippen LogP contribution in [0.5, 0.6) is 0 Å². The zero-order chi connectivity index (χ0) is 21.8. The Hall–Kier alpha value is -1.56. The highest BCUT2D eigenvalue weighted by molar-refractivity contribution is 8.10. The number of rotatable bonds is 11. The lowest BCUT2D eigenvalue weighted by molar-refractivity contribution is 0.0697. The Kier molecular flexibility index (Phi) is 7.77. The standard InChI is InChI=1S/C16H21Cl2N3O6S2/c1-2-20-14-9-12(16(22)23)10-15(13(14)11-19-20)21(28(24,25)7-3-5-17)29(26,27)8-4-6-18/h9-11H,2-8H2,1H3,(H,22,23). The van der Waals surface area contributed by atoms with E-state index in [2.05, 4.69) is 5.10 Å². The number of aromatic nitrogens is 2. The Labute approximate surface area is 179 Å². The fourth-order valence-electron chi connectivity index (χ4n) is 2.80. The van der Waals surface area contributed by atoms with E-state index in [4.69, 9.17) is 23.2 Å². The largest absolute Gasteiger partial charge is 0.478 e. The van der Waals surface area contributed by atoms with E-state index in [1.165, 1.54) is 16.9 Å². The van der Waals surface area contributed by atoms with Gasteiger partial charge in [-0.2, -0.15) is 8.81 Å². The quantitative estimate of drug-likeness (QED) is 0.484. The number of anilines is 1. The third kappa shape index (κ3) is 5.14. The van der Waals surface area contributed by atoms with E-state index in [1.807, 2.05) is 0 Å². The minimum atomic E-state index is -4.37. The molecule has 0 radical (unpaired) electrons. The summed E-state index contributed by atoms with van der Waals surface area (Å²) in [5, 5.41) is 13.8. The SMILES string of the molecule is CCn1ncc2c(N(S(=O)(=O)CCCCl)S(=O)(=O)CCCCl)cc(C(=O)O)cc21. The Morgan fingerprint density at radius 3 is 2.10 bits per heavy atom. The van der Waals surface area contributed by atoms with Gasteiger partial charge in [-0.25, -0.2) is 21.6 Å². The molecule has 0 aliphatic rings. The van der Waals surface area contributed by atoms with Crippen molar-refractivity contribution in [3.63, 3.8) is 0 Å². The second kappa shape index (κ2) is 9.50. The summed E-state index contributed by atoms with van der Waals surface area (Å²) in [6.07, 6.45) is 1.38. The van der Waals surface area contributed by atoms with Crippen LogP contribution in [0.1, 0.15) is 30.1 Å². The molecule has 0 atom stereocenters. The highest BCUT2D eigenvalue weighted by Crippen LogP contribution is 2.33. The van der Waals surface area contributed by atoms with Gasteiger partial charge < -0.3 is 5.11 Å². The lowest BCUT2D eigenvalue weighted by atomic mass is 10.1. The fourth-order valence-corrected chi connectivity index (χ4v) is 7.46. The minimum Gasteiger partial charge on any atom is -0.478 e. The lowest BCUT2D eigenvalue weighted by Crippen LogP contribution is -2.40. The predicted octanol–water partition coefficient (Wildman–Crippen LogP) is 2.48. The maximum absolute atomic E-state index is 13.0. The molecule has 0 spiro atoms. The molecule has 29 heavy (non-hydrogen) atoms. The number of hydrogen-bond acceptors (Lipinski definition) is 6. The van der Waals surface area contributed by atoms with Gasteiger partial charge in [0.1, 0.15) is 0 Å². The van der Waals surface area contributed by atoms with Crippen LogP contribution in [0.4, 0.5) is 5.69 Å². The topological polar surface area (TPSA) is 127 Å². The number of halogens is 2. The molecule has 9 nitrogen and oxygen atoms in total. The number of carboxylic acid groups (broad SMARTS) is 1. The summed E-state index contributed by atoms with van der Waals surface area (Å²) in [5.41, 5.74) is -0.219. The van der Waals surface area contributed by atoms with Crippen LogP contribution in [0.15, 0.2) is 18.3 Å². The molecule has 0 saturated heterocycles. The number of fused-ring (bicyclic) bond motifs is 1. The zero-order valence-corrected chi connectivity index (χ0v) is 18.7. The zero-order valence-electron chi connectivity index (χ0n) is 15.6. The summed E-state index contributed by atoms with van der Waals surface area (Å²) in [7, 11) is -8.74. The van der Waals surface area contributed by atoms with E-state index in [1.54, 1.807) is 6.92 Å². The number of hydrogen-bond donors (Lipinski definition) is 1. The second-order valence-electron chi connectivity index (χ2n) is 6.11. The number of carbonyl (C=O) groups is 1. The molecule has 0 saturated carbocycles. The van der Waals surface area contributed by atoms with Gasteiger partial charge in [0.2, 0.25) is 20.0 Å². The van der Waals surface area contributed by atoms with Crippen LogP contribution in [0.3, 0.4) is 0 Å². The van der Waals surface area contributed by atoms with Gasteiger partial charge in [-0.1, -0.05) is 0 Å². The van der Waals surface area contributed by atoms with Gasteiger partial charge in [-0.05, 0) is 31.9 Å². The second-order valence-corrected chi connectivity index (χ2v) is 11.0. The molecule has 162 valence electrons. The fraction of sp³-hybridized carbons (Fsp3) is 0.500. The molecular formula is C16H21Cl2N3O6S2. The molecule has 2 aromatic rings. The van der Waals surface area contributed by atoms with E-state index in [0.29, 0.717) is 15.8 Å². The number of aryl methyl sites for hydroxylation is 1. The van der Waals surface area contributed by atoms with Crippen molar-refractivity contribution in [2.75, 3.05) is 27.0 Å². The van der Waals surface area contributed by atoms with Crippen LogP contribution >= 0.6 is 23.2 Å². The summed E-state index contributed by atoms with van der Waals surface area (Å²) in [5.74, 6) is -2.32. The Balaban J connectivity index is 2.84. The molecule has 1 aromatic heterocycles. The van der Waals surface area contributed by atoms with Crippen molar-refractivity contribution >= 4 is 65.8 Å². The first-order valence-corrected chi connectivity index (χ1v) is 13.0. The van der Waals surface area contributed by atoms with Crippen LogP contribution in [0.2, 0.25) is 0 Å². The molecule has 0 aliphatic carbocycles. The number of nitrogens with zero attached hydrogens (tertiary/aromatic N) is 3. The summed E-state index contributed by atoms with van der Waals surface area (Å²) in [6, 6.07) is 2.36. The van der Waals surface area contributed by atoms with Gasteiger partial charge >= 0.3 is 5.97 Å². The summed E-state index contributed by atoms with van der Waals surface area (Å²) >= 11 is 11.2. The van der Waals surface area contributed by atoms with Crippen molar-refractivity contribution < 1.29 is 26.7 Å². The Morgan fingerprint density at radius 2 is 1.66 bits per heavy atom. The predicted molar refractivity (Wildman–Crippen MR) is 113 cm³/mol. The molecule has 1 heterocycles. The van der Waals surface area contributed by atoms with E-state index in [-0.39, 0.29) is 41.2 Å². The van der Waals surface area contributed by atoms with Gasteiger partial charge in [0, 0.05) is 23.7 Å². The van der Waals surface area contributed by atoms with Crippen molar-refractivity contribution in [2.24, 2.45) is 0 Å². The molecular weight excluding hydrogens is 465 g/mol. The van der Waals surface area contributed by atoms with Gasteiger partial charge in [0.05, 0.1) is 34.5 Å². The monoisotopic (exact) mass is 485 g/mol. The minimum absolute atomic E-state index is 0.0210. The van der Waals surface area contributed by atoms with Crippen LogP contribution in [-0.2, 0) is 26.6 Å². The van der Waals surface area contributed by atoms with Crippen LogP contribution in [0, 0.1) is 0 Å². The summed E-state index contributed by atoms with van der Waals surface area (Å²) < 4.78 is 53.7. The Morgan fingerprint density at radius 1 is 1.10 bits per heavy atom. The van der Waals surface area contributed by atoms with Gasteiger partial charge in [-0.15, -0.1) is 23.2 Å². The number of sulfonamides is 2. The van der Waals surface area contributed by atoms with Crippen molar-refractivity contribution in [1.82, 2.24) is 9.78 Å². The first-order valence-electron chi connectivity index (χ1n) is 8.69. The molecule has 1 N–H and O–H groups in total. The molecule has 0 unspecified atom stereocenters. The van der Waals surface area contributed by atoms with Crippen LogP contribution in [-0.4, -0.2) is 61.0 Å². The highest BCUT2D eigenvalue weighted by atomic mass is 35.5. The molecule has 0 fully saturated rings. The lowest BCUT2D eigenvalue weighted by Gasteiger charge is -2.25. The average Bonchev–Trinajstić information content (AvgIpc) is 3.07. The van der Waals surface area contributed by atoms with Gasteiger partial charge in [0.15, 0.2) is 0 Å². The van der Waals surface area contributed by atoms with Crippen LogP contribution < -0.4 is 3.71 Å². The normalized spacial score (nSPS) is 12.4. The maximum Gasteiger partial charge on any atom is 0.335 e. The van der Waals surface area contributed by atoms with Crippen molar-refractivity contribution in [2.45, 2.75) is 26.3 Å². The third-order valence-corrected chi connectivity index (χ3v) is 8.97. The summed E-state index contributed by atoms with van der Waals surface area (Å²) in [6.45, 7) is 2.15. The van der Waals surface area contributed by atoms with E-state index in [9.17, 15) is 26.7 Å². The molecule has 2 rings (SSSR count). The molecule has 0 aliphatic heterocycles. The van der Waals surface area contributed by atoms with Gasteiger partial charge in [0.25, 0.3) is 0 Å². The smallest absolute Gasteiger partial charge is 0.335 e. The first kappa shape index (κ1) is 23.7.